The highest BCUT2D eigenvalue weighted by Gasteiger charge is 2.54. The first kappa shape index (κ1) is 11.9. The van der Waals surface area contributed by atoms with Crippen molar-refractivity contribution >= 4 is 6.16 Å². The minimum Gasteiger partial charge on any atom is -0.422 e. The smallest absolute Gasteiger partial charge is 0.422 e. The molecule has 4 heteroatoms. The van der Waals surface area contributed by atoms with E-state index in [2.05, 4.69) is 0 Å². The Bertz CT molecular complexity index is 401. The SMILES string of the molecule is CC(C)[C@]1(CO)OC(=O)O[C@@H]1c1ccccc1. The van der Waals surface area contributed by atoms with Crippen molar-refractivity contribution in [1.82, 2.24) is 0 Å². The van der Waals surface area contributed by atoms with Gasteiger partial charge in [0.2, 0.25) is 0 Å². The van der Waals surface area contributed by atoms with Crippen LogP contribution in [0.4, 0.5) is 4.79 Å². The van der Waals surface area contributed by atoms with Gasteiger partial charge in [-0.2, -0.15) is 0 Å². The number of rotatable bonds is 3. The van der Waals surface area contributed by atoms with Crippen LogP contribution >= 0.6 is 0 Å². The summed E-state index contributed by atoms with van der Waals surface area (Å²) in [5.41, 5.74) is -0.153. The van der Waals surface area contributed by atoms with Gasteiger partial charge in [0.05, 0.1) is 6.61 Å². The number of cyclic esters (lactones) is 2. The van der Waals surface area contributed by atoms with Crippen molar-refractivity contribution in [1.29, 1.82) is 0 Å². The fourth-order valence-electron chi connectivity index (χ4n) is 2.13. The largest absolute Gasteiger partial charge is 0.509 e. The van der Waals surface area contributed by atoms with Gasteiger partial charge in [-0.1, -0.05) is 44.2 Å². The molecule has 0 aliphatic carbocycles. The first-order valence-electron chi connectivity index (χ1n) is 5.65. The molecule has 0 aromatic heterocycles. The van der Waals surface area contributed by atoms with E-state index in [0.29, 0.717) is 0 Å². The molecule has 1 N–H and O–H groups in total. The van der Waals surface area contributed by atoms with E-state index < -0.39 is 17.9 Å². The second-order valence-corrected chi connectivity index (χ2v) is 4.53. The first-order chi connectivity index (χ1) is 8.10. The third-order valence-electron chi connectivity index (χ3n) is 3.26. The maximum Gasteiger partial charge on any atom is 0.509 e. The van der Waals surface area contributed by atoms with Crippen molar-refractivity contribution in [2.45, 2.75) is 25.6 Å². The molecule has 2 rings (SSSR count). The van der Waals surface area contributed by atoms with Gasteiger partial charge in [-0.3, -0.25) is 0 Å². The predicted molar refractivity (Wildman–Crippen MR) is 61.4 cm³/mol. The fraction of sp³-hybridized carbons (Fsp3) is 0.462. The van der Waals surface area contributed by atoms with Gasteiger partial charge >= 0.3 is 6.16 Å². The van der Waals surface area contributed by atoms with Crippen LogP contribution in [0.5, 0.6) is 0 Å². The van der Waals surface area contributed by atoms with Gasteiger partial charge in [0.1, 0.15) is 0 Å². The lowest BCUT2D eigenvalue weighted by atomic mass is 9.82. The molecule has 0 spiro atoms. The molecule has 1 aliphatic rings. The van der Waals surface area contributed by atoms with Gasteiger partial charge in [-0.25, -0.2) is 4.79 Å². The van der Waals surface area contributed by atoms with Crippen LogP contribution in [0, 0.1) is 5.92 Å². The molecule has 0 amide bonds. The minimum absolute atomic E-state index is 0.0378. The van der Waals surface area contributed by atoms with Gasteiger partial charge in [0, 0.05) is 0 Å². The van der Waals surface area contributed by atoms with E-state index in [1.54, 1.807) is 0 Å². The fourth-order valence-corrected chi connectivity index (χ4v) is 2.13. The molecule has 17 heavy (non-hydrogen) atoms. The second-order valence-electron chi connectivity index (χ2n) is 4.53. The molecule has 1 heterocycles. The lowest BCUT2D eigenvalue weighted by Crippen LogP contribution is -2.43. The van der Waals surface area contributed by atoms with Crippen LogP contribution in [-0.2, 0) is 9.47 Å². The quantitative estimate of drug-likeness (QED) is 0.818. The molecule has 0 bridgehead atoms. The van der Waals surface area contributed by atoms with E-state index in [0.717, 1.165) is 5.56 Å². The average molecular weight is 236 g/mol. The Morgan fingerprint density at radius 3 is 2.53 bits per heavy atom. The molecule has 2 atom stereocenters. The van der Waals surface area contributed by atoms with Crippen LogP contribution in [0.15, 0.2) is 30.3 Å². The highest BCUT2D eigenvalue weighted by Crippen LogP contribution is 2.43. The number of carbonyl (C=O) groups is 1. The molecule has 1 aromatic carbocycles. The summed E-state index contributed by atoms with van der Waals surface area (Å²) in [5, 5.41) is 9.58. The Balaban J connectivity index is 2.41. The van der Waals surface area contributed by atoms with E-state index in [-0.39, 0.29) is 12.5 Å². The van der Waals surface area contributed by atoms with Crippen LogP contribution < -0.4 is 0 Å². The number of ether oxygens (including phenoxy) is 2. The van der Waals surface area contributed by atoms with Crippen molar-refractivity contribution in [2.75, 3.05) is 6.61 Å². The van der Waals surface area contributed by atoms with Gasteiger partial charge in [0.25, 0.3) is 0 Å². The zero-order chi connectivity index (χ0) is 12.5. The Morgan fingerprint density at radius 2 is 2.00 bits per heavy atom. The van der Waals surface area contributed by atoms with E-state index >= 15 is 0 Å². The van der Waals surface area contributed by atoms with E-state index in [4.69, 9.17) is 9.47 Å². The molecule has 0 unspecified atom stereocenters. The van der Waals surface area contributed by atoms with Crippen molar-refractivity contribution in [3.8, 4) is 0 Å². The van der Waals surface area contributed by atoms with E-state index in [9.17, 15) is 9.90 Å². The summed E-state index contributed by atoms with van der Waals surface area (Å²) in [4.78, 5) is 11.4. The molecular formula is C13H16O4. The molecule has 0 radical (unpaired) electrons. The highest BCUT2D eigenvalue weighted by atomic mass is 16.8. The van der Waals surface area contributed by atoms with Gasteiger partial charge in [-0.05, 0) is 11.5 Å². The van der Waals surface area contributed by atoms with Crippen molar-refractivity contribution in [3.63, 3.8) is 0 Å². The summed E-state index contributed by atoms with van der Waals surface area (Å²) in [7, 11) is 0. The zero-order valence-corrected chi connectivity index (χ0v) is 9.92. The Hall–Kier alpha value is -1.55. The van der Waals surface area contributed by atoms with Crippen LogP contribution in [-0.4, -0.2) is 23.5 Å². The standard InChI is InChI=1S/C13H16O4/c1-9(2)13(8-14)11(16-12(15)17-13)10-6-4-3-5-7-10/h3-7,9,11,14H,8H2,1-2H3/t11-,13+/m1/s1. The Morgan fingerprint density at radius 1 is 1.35 bits per heavy atom. The monoisotopic (exact) mass is 236 g/mol. The molecular weight excluding hydrogens is 220 g/mol. The topological polar surface area (TPSA) is 55.8 Å². The summed E-state index contributed by atoms with van der Waals surface area (Å²) >= 11 is 0. The Kier molecular flexibility index (Phi) is 3.07. The highest BCUT2D eigenvalue weighted by molar-refractivity contribution is 5.64. The minimum atomic E-state index is -0.988. The number of hydrogen-bond donors (Lipinski definition) is 1. The van der Waals surface area contributed by atoms with Crippen LogP contribution in [0.2, 0.25) is 0 Å². The third kappa shape index (κ3) is 1.89. The maximum atomic E-state index is 11.4. The average Bonchev–Trinajstić information content (AvgIpc) is 2.69. The third-order valence-corrected chi connectivity index (χ3v) is 3.26. The van der Waals surface area contributed by atoms with Gasteiger partial charge in [-0.15, -0.1) is 0 Å². The van der Waals surface area contributed by atoms with Crippen molar-refractivity contribution in [3.05, 3.63) is 35.9 Å². The molecule has 1 saturated heterocycles. The number of benzene rings is 1. The van der Waals surface area contributed by atoms with Crippen molar-refractivity contribution < 1.29 is 19.4 Å². The molecule has 1 aromatic rings. The number of aliphatic hydroxyl groups excluding tert-OH is 1. The number of carbonyl (C=O) groups excluding carboxylic acids is 1. The number of hydrogen-bond acceptors (Lipinski definition) is 4. The summed E-state index contributed by atoms with van der Waals surface area (Å²) in [6.45, 7) is 3.54. The number of aliphatic hydroxyl groups is 1. The summed E-state index contributed by atoms with van der Waals surface area (Å²) < 4.78 is 10.4. The summed E-state index contributed by atoms with van der Waals surface area (Å²) in [6, 6.07) is 9.34. The molecule has 92 valence electrons. The zero-order valence-electron chi connectivity index (χ0n) is 9.92. The normalized spacial score (nSPS) is 28.0. The lowest BCUT2D eigenvalue weighted by Gasteiger charge is -2.32. The van der Waals surface area contributed by atoms with Gasteiger partial charge < -0.3 is 14.6 Å². The molecule has 0 saturated carbocycles. The summed E-state index contributed by atoms with van der Waals surface area (Å²) in [6.07, 6.45) is -1.28. The lowest BCUT2D eigenvalue weighted by molar-refractivity contribution is -0.0574. The van der Waals surface area contributed by atoms with Crippen LogP contribution in [0.3, 0.4) is 0 Å². The van der Waals surface area contributed by atoms with Crippen LogP contribution in [0.1, 0.15) is 25.5 Å². The molecule has 4 nitrogen and oxygen atoms in total. The Labute approximate surface area is 100 Å². The first-order valence-corrected chi connectivity index (χ1v) is 5.65. The van der Waals surface area contributed by atoms with E-state index in [1.807, 2.05) is 44.2 Å². The van der Waals surface area contributed by atoms with E-state index in [1.165, 1.54) is 0 Å². The molecule has 1 aliphatic heterocycles. The summed E-state index contributed by atoms with van der Waals surface area (Å²) in [5.74, 6) is -0.0378. The predicted octanol–water partition coefficient (Wildman–Crippen LogP) is 2.28. The second kappa shape index (κ2) is 4.37. The van der Waals surface area contributed by atoms with Crippen LogP contribution in [0.25, 0.3) is 0 Å². The van der Waals surface area contributed by atoms with Crippen molar-refractivity contribution in [2.24, 2.45) is 5.92 Å². The van der Waals surface area contributed by atoms with Gasteiger partial charge in [0.15, 0.2) is 11.7 Å². The molecule has 1 fully saturated rings. The maximum absolute atomic E-state index is 11.4.